The summed E-state index contributed by atoms with van der Waals surface area (Å²) in [5.74, 6) is -3.22. The van der Waals surface area contributed by atoms with E-state index < -0.39 is 41.9 Å². The molecule has 0 saturated heterocycles. The highest BCUT2D eigenvalue weighted by Gasteiger charge is 2.25. The molecular formula is C16H17N3O6. The first-order valence-corrected chi connectivity index (χ1v) is 7.52. The predicted octanol–water partition coefficient (Wildman–Crippen LogP) is 0.392. The van der Waals surface area contributed by atoms with E-state index in [0.717, 1.165) is 4.57 Å². The Bertz CT molecular complexity index is 876. The quantitative estimate of drug-likeness (QED) is 0.658. The van der Waals surface area contributed by atoms with Crippen LogP contribution >= 0.6 is 0 Å². The molecule has 1 aromatic heterocycles. The highest BCUT2D eigenvalue weighted by atomic mass is 16.4. The maximum absolute atomic E-state index is 12.5. The minimum Gasteiger partial charge on any atom is -0.481 e. The van der Waals surface area contributed by atoms with Gasteiger partial charge >= 0.3 is 11.9 Å². The summed E-state index contributed by atoms with van der Waals surface area (Å²) in [6.07, 6.45) is 0.568. The summed E-state index contributed by atoms with van der Waals surface area (Å²) in [5, 5.41) is 20.3. The second-order valence-electron chi connectivity index (χ2n) is 5.48. The van der Waals surface area contributed by atoms with Crippen molar-refractivity contribution in [2.75, 3.05) is 0 Å². The zero-order valence-electron chi connectivity index (χ0n) is 13.4. The summed E-state index contributed by atoms with van der Waals surface area (Å²) in [6.45, 7) is 1.43. The third kappa shape index (κ3) is 4.19. The van der Waals surface area contributed by atoms with E-state index in [1.807, 2.05) is 0 Å². The Morgan fingerprint density at radius 2 is 1.92 bits per heavy atom. The summed E-state index contributed by atoms with van der Waals surface area (Å²) in [7, 11) is 0. The molecule has 9 nitrogen and oxygen atoms in total. The van der Waals surface area contributed by atoms with Crippen LogP contribution in [0, 0.1) is 0 Å². The van der Waals surface area contributed by atoms with Gasteiger partial charge in [0, 0.05) is 6.42 Å². The van der Waals surface area contributed by atoms with Gasteiger partial charge < -0.3 is 15.5 Å². The minimum absolute atomic E-state index is 0.256. The van der Waals surface area contributed by atoms with Gasteiger partial charge in [0.25, 0.3) is 5.56 Å². The van der Waals surface area contributed by atoms with Crippen molar-refractivity contribution >= 4 is 28.7 Å². The predicted molar refractivity (Wildman–Crippen MR) is 87.2 cm³/mol. The van der Waals surface area contributed by atoms with Crippen molar-refractivity contribution in [1.29, 1.82) is 0 Å². The molecule has 0 aliphatic heterocycles. The summed E-state index contributed by atoms with van der Waals surface area (Å²) in [6, 6.07) is 4.30. The number of carbonyl (C=O) groups is 3. The first-order chi connectivity index (χ1) is 11.8. The minimum atomic E-state index is -1.35. The van der Waals surface area contributed by atoms with Crippen molar-refractivity contribution in [2.24, 2.45) is 0 Å². The molecule has 0 radical (unpaired) electrons. The van der Waals surface area contributed by atoms with Crippen molar-refractivity contribution in [1.82, 2.24) is 14.9 Å². The van der Waals surface area contributed by atoms with E-state index in [9.17, 15) is 19.2 Å². The van der Waals surface area contributed by atoms with Crippen molar-refractivity contribution in [3.05, 3.63) is 40.9 Å². The van der Waals surface area contributed by atoms with E-state index in [0.29, 0.717) is 10.9 Å². The van der Waals surface area contributed by atoms with Crippen LogP contribution in [0.5, 0.6) is 0 Å². The monoisotopic (exact) mass is 347 g/mol. The third-order valence-corrected chi connectivity index (χ3v) is 3.75. The molecule has 0 aliphatic rings. The van der Waals surface area contributed by atoms with Gasteiger partial charge in [-0.15, -0.1) is 0 Å². The van der Waals surface area contributed by atoms with Crippen LogP contribution in [0.15, 0.2) is 35.4 Å². The van der Waals surface area contributed by atoms with Gasteiger partial charge in [-0.2, -0.15) is 0 Å². The Morgan fingerprint density at radius 3 is 2.56 bits per heavy atom. The molecule has 0 spiro atoms. The number of rotatable bonds is 7. The van der Waals surface area contributed by atoms with Gasteiger partial charge in [0.2, 0.25) is 5.91 Å². The van der Waals surface area contributed by atoms with Gasteiger partial charge in [-0.05, 0) is 25.5 Å². The number of aromatic nitrogens is 2. The van der Waals surface area contributed by atoms with Gasteiger partial charge in [0.15, 0.2) is 0 Å². The van der Waals surface area contributed by atoms with Crippen LogP contribution in [0.25, 0.3) is 10.9 Å². The van der Waals surface area contributed by atoms with Crippen LogP contribution in [0.1, 0.15) is 25.8 Å². The number of amides is 1. The lowest BCUT2D eigenvalue weighted by Crippen LogP contribution is -2.45. The highest BCUT2D eigenvalue weighted by Crippen LogP contribution is 2.09. The molecule has 2 atom stereocenters. The van der Waals surface area contributed by atoms with E-state index in [-0.39, 0.29) is 6.42 Å². The zero-order chi connectivity index (χ0) is 18.6. The van der Waals surface area contributed by atoms with Crippen LogP contribution in [0.3, 0.4) is 0 Å². The molecule has 0 aliphatic carbocycles. The van der Waals surface area contributed by atoms with Crippen LogP contribution < -0.4 is 10.9 Å². The van der Waals surface area contributed by atoms with Crippen molar-refractivity contribution < 1.29 is 24.6 Å². The van der Waals surface area contributed by atoms with Crippen LogP contribution in [-0.2, 0) is 14.4 Å². The summed E-state index contributed by atoms with van der Waals surface area (Å²) < 4.78 is 1.10. The number of fused-ring (bicyclic) bond motifs is 1. The molecule has 2 rings (SSSR count). The average Bonchev–Trinajstić information content (AvgIpc) is 2.58. The molecule has 132 valence electrons. The summed E-state index contributed by atoms with van der Waals surface area (Å²) >= 11 is 0. The molecule has 0 bridgehead atoms. The van der Waals surface area contributed by atoms with E-state index in [1.165, 1.54) is 13.3 Å². The SMILES string of the molecule is CC(C(=O)NC(CCC(=O)O)C(=O)O)n1cnc2ccccc2c1=O. The number of carbonyl (C=O) groups excluding carboxylic acids is 1. The number of carboxylic acids is 2. The van der Waals surface area contributed by atoms with E-state index in [4.69, 9.17) is 10.2 Å². The van der Waals surface area contributed by atoms with Crippen LogP contribution in [-0.4, -0.2) is 43.7 Å². The topological polar surface area (TPSA) is 139 Å². The molecule has 25 heavy (non-hydrogen) atoms. The number of aliphatic carboxylic acids is 2. The van der Waals surface area contributed by atoms with Crippen molar-refractivity contribution in [3.8, 4) is 0 Å². The molecule has 3 N–H and O–H groups in total. The molecule has 1 heterocycles. The fourth-order valence-corrected chi connectivity index (χ4v) is 2.30. The number of para-hydroxylation sites is 1. The van der Waals surface area contributed by atoms with Crippen molar-refractivity contribution in [2.45, 2.75) is 31.8 Å². The average molecular weight is 347 g/mol. The second kappa shape index (κ2) is 7.56. The number of hydrogen-bond acceptors (Lipinski definition) is 5. The molecule has 2 unspecified atom stereocenters. The molecule has 0 fully saturated rings. The van der Waals surface area contributed by atoms with E-state index >= 15 is 0 Å². The Balaban J connectivity index is 2.21. The largest absolute Gasteiger partial charge is 0.481 e. The van der Waals surface area contributed by atoms with Gasteiger partial charge in [-0.25, -0.2) is 9.78 Å². The Labute approximate surface area is 141 Å². The normalized spacial score (nSPS) is 13.2. The second-order valence-corrected chi connectivity index (χ2v) is 5.48. The summed E-state index contributed by atoms with van der Waals surface area (Å²) in [5.41, 5.74) is 0.0619. The molecule has 2 aromatic rings. The molecular weight excluding hydrogens is 330 g/mol. The van der Waals surface area contributed by atoms with Gasteiger partial charge in [-0.1, -0.05) is 12.1 Å². The van der Waals surface area contributed by atoms with Crippen LogP contribution in [0.2, 0.25) is 0 Å². The van der Waals surface area contributed by atoms with Gasteiger partial charge in [0.1, 0.15) is 12.1 Å². The van der Waals surface area contributed by atoms with E-state index in [1.54, 1.807) is 24.3 Å². The Morgan fingerprint density at radius 1 is 1.24 bits per heavy atom. The molecule has 1 amide bonds. The number of carboxylic acid groups (broad SMARTS) is 2. The number of nitrogens with one attached hydrogen (secondary N) is 1. The lowest BCUT2D eigenvalue weighted by Gasteiger charge is -2.19. The molecule has 9 heteroatoms. The maximum Gasteiger partial charge on any atom is 0.326 e. The zero-order valence-corrected chi connectivity index (χ0v) is 13.4. The highest BCUT2D eigenvalue weighted by molar-refractivity contribution is 5.86. The Kier molecular flexibility index (Phi) is 5.48. The lowest BCUT2D eigenvalue weighted by atomic mass is 10.1. The first-order valence-electron chi connectivity index (χ1n) is 7.52. The fourth-order valence-electron chi connectivity index (χ4n) is 2.30. The van der Waals surface area contributed by atoms with E-state index in [2.05, 4.69) is 10.3 Å². The first kappa shape index (κ1) is 18.1. The maximum atomic E-state index is 12.5. The smallest absolute Gasteiger partial charge is 0.326 e. The number of benzene rings is 1. The Hall–Kier alpha value is -3.23. The van der Waals surface area contributed by atoms with Crippen molar-refractivity contribution in [3.63, 3.8) is 0 Å². The number of nitrogens with zero attached hydrogens (tertiary/aromatic N) is 2. The lowest BCUT2D eigenvalue weighted by molar-refractivity contribution is -0.143. The standard InChI is InChI=1S/C16H17N3O6/c1-9(14(22)18-12(16(24)25)6-7-13(20)21)19-8-17-11-5-3-2-4-10(11)15(19)23/h2-5,8-9,12H,6-7H2,1H3,(H,18,22)(H,20,21)(H,24,25). The molecule has 0 saturated carbocycles. The van der Waals surface area contributed by atoms with Gasteiger partial charge in [-0.3, -0.25) is 19.0 Å². The fraction of sp³-hybridized carbons (Fsp3) is 0.312. The van der Waals surface area contributed by atoms with Crippen LogP contribution in [0.4, 0.5) is 0 Å². The molecule has 1 aromatic carbocycles. The van der Waals surface area contributed by atoms with Gasteiger partial charge in [0.05, 0.1) is 17.2 Å². The summed E-state index contributed by atoms with van der Waals surface area (Å²) in [4.78, 5) is 50.6. The third-order valence-electron chi connectivity index (χ3n) is 3.75. The number of hydrogen-bond donors (Lipinski definition) is 3.